The van der Waals surface area contributed by atoms with Gasteiger partial charge in [-0.3, -0.25) is 10.1 Å². The molecule has 0 aliphatic rings. The van der Waals surface area contributed by atoms with Crippen LogP contribution < -0.4 is 4.74 Å². The molecular weight excluding hydrogens is 228 g/mol. The maximum atomic E-state index is 10.6. The van der Waals surface area contributed by atoms with Crippen molar-refractivity contribution < 1.29 is 9.66 Å². The summed E-state index contributed by atoms with van der Waals surface area (Å²) in [6, 6.07) is 10.1. The minimum absolute atomic E-state index is 0.394. The molecule has 6 heteroatoms. The van der Waals surface area contributed by atoms with Crippen LogP contribution in [-0.4, -0.2) is 10.4 Å². The molecule has 1 unspecified atom stereocenters. The number of nitro groups is 1. The van der Waals surface area contributed by atoms with Crippen molar-refractivity contribution >= 4 is 12.6 Å². The summed E-state index contributed by atoms with van der Waals surface area (Å²) in [4.78, 5) is 9.89. The Labute approximate surface area is 97.5 Å². The van der Waals surface area contributed by atoms with Crippen molar-refractivity contribution in [1.29, 1.82) is 5.26 Å². The second-order valence-electron chi connectivity index (χ2n) is 2.74. The lowest BCUT2D eigenvalue weighted by Crippen LogP contribution is -2.18. The molecule has 0 radical (unpaired) electrons. The highest BCUT2D eigenvalue weighted by Gasteiger charge is 2.22. The van der Waals surface area contributed by atoms with Crippen molar-refractivity contribution in [3.05, 3.63) is 52.2 Å². The fourth-order valence-corrected chi connectivity index (χ4v) is 1.26. The molecule has 0 aromatic heterocycles. The number of para-hydroxylation sites is 1. The van der Waals surface area contributed by atoms with Gasteiger partial charge in [-0.25, -0.2) is 0 Å². The van der Waals surface area contributed by atoms with Crippen LogP contribution in [0, 0.1) is 21.4 Å². The summed E-state index contributed by atoms with van der Waals surface area (Å²) in [5.74, 6) is 0.452. The molecule has 0 amide bonds. The van der Waals surface area contributed by atoms with Crippen molar-refractivity contribution in [2.45, 2.75) is 5.44 Å². The Bertz CT molecular complexity index is 439. The standard InChI is InChI=1S/C10H8N2O3S/c11-7-6-9(12(13)14)10(16)15-8-4-2-1-3-5-8/h1-6,10,16H. The molecule has 1 aromatic rings. The van der Waals surface area contributed by atoms with Crippen LogP contribution in [-0.2, 0) is 0 Å². The molecule has 0 aliphatic heterocycles. The number of rotatable bonds is 4. The molecule has 0 N–H and O–H groups in total. The molecule has 0 heterocycles. The lowest BCUT2D eigenvalue weighted by Gasteiger charge is -2.10. The van der Waals surface area contributed by atoms with E-state index in [0.717, 1.165) is 6.08 Å². The predicted molar refractivity (Wildman–Crippen MR) is 60.5 cm³/mol. The number of nitrogens with zero attached hydrogens (tertiary/aromatic N) is 2. The summed E-state index contributed by atoms with van der Waals surface area (Å²) in [6.45, 7) is 0. The Kier molecular flexibility index (Phi) is 4.36. The van der Waals surface area contributed by atoms with E-state index in [1.165, 1.54) is 0 Å². The number of hydrogen-bond acceptors (Lipinski definition) is 5. The number of hydrogen-bond donors (Lipinski definition) is 1. The van der Waals surface area contributed by atoms with Crippen LogP contribution in [0.2, 0.25) is 0 Å². The van der Waals surface area contributed by atoms with E-state index in [1.54, 1.807) is 36.4 Å². The fraction of sp³-hybridized carbons (Fsp3) is 0.100. The van der Waals surface area contributed by atoms with Crippen molar-refractivity contribution in [3.8, 4) is 11.8 Å². The van der Waals surface area contributed by atoms with Crippen LogP contribution in [0.3, 0.4) is 0 Å². The Morgan fingerprint density at radius 3 is 2.69 bits per heavy atom. The molecule has 0 saturated heterocycles. The summed E-state index contributed by atoms with van der Waals surface area (Å²) in [6.07, 6.45) is 0.806. The van der Waals surface area contributed by atoms with Crippen LogP contribution in [0.4, 0.5) is 0 Å². The van der Waals surface area contributed by atoms with E-state index in [4.69, 9.17) is 10.00 Å². The van der Waals surface area contributed by atoms with Gasteiger partial charge in [0.25, 0.3) is 0 Å². The van der Waals surface area contributed by atoms with E-state index >= 15 is 0 Å². The van der Waals surface area contributed by atoms with E-state index in [0.29, 0.717) is 5.75 Å². The second-order valence-corrected chi connectivity index (χ2v) is 3.21. The van der Waals surface area contributed by atoms with Gasteiger partial charge >= 0.3 is 5.70 Å². The van der Waals surface area contributed by atoms with Crippen LogP contribution in [0.1, 0.15) is 0 Å². The van der Waals surface area contributed by atoms with E-state index in [1.807, 2.05) is 0 Å². The first-order valence-corrected chi connectivity index (χ1v) is 4.80. The molecule has 1 aromatic carbocycles. The van der Waals surface area contributed by atoms with Gasteiger partial charge in [-0.2, -0.15) is 5.26 Å². The van der Waals surface area contributed by atoms with E-state index < -0.39 is 16.1 Å². The average molecular weight is 236 g/mol. The molecule has 0 spiro atoms. The molecule has 1 rings (SSSR count). The van der Waals surface area contributed by atoms with E-state index in [2.05, 4.69) is 12.6 Å². The van der Waals surface area contributed by atoms with Gasteiger partial charge < -0.3 is 4.74 Å². The molecule has 1 atom stereocenters. The van der Waals surface area contributed by atoms with E-state index in [-0.39, 0.29) is 0 Å². The molecule has 0 fully saturated rings. The highest BCUT2D eigenvalue weighted by molar-refractivity contribution is 7.81. The Morgan fingerprint density at radius 1 is 1.56 bits per heavy atom. The highest BCUT2D eigenvalue weighted by atomic mass is 32.1. The van der Waals surface area contributed by atoms with Gasteiger partial charge in [-0.05, 0) is 12.1 Å². The lowest BCUT2D eigenvalue weighted by atomic mass is 10.3. The third-order valence-corrected chi connectivity index (χ3v) is 2.04. The lowest BCUT2D eigenvalue weighted by molar-refractivity contribution is -0.430. The summed E-state index contributed by atoms with van der Waals surface area (Å²) >= 11 is 3.93. The first-order chi connectivity index (χ1) is 7.65. The molecule has 0 aliphatic carbocycles. The molecule has 0 bridgehead atoms. The van der Waals surface area contributed by atoms with Crippen LogP contribution in [0.15, 0.2) is 42.1 Å². The summed E-state index contributed by atoms with van der Waals surface area (Å²) in [7, 11) is 0. The molecular formula is C10H8N2O3S. The quantitative estimate of drug-likeness (QED) is 0.285. The van der Waals surface area contributed by atoms with Gasteiger partial charge in [-0.1, -0.05) is 18.2 Å². The zero-order valence-electron chi connectivity index (χ0n) is 8.11. The first-order valence-electron chi connectivity index (χ1n) is 4.29. The number of benzene rings is 1. The normalized spacial score (nSPS) is 12.6. The Balaban J connectivity index is 2.79. The largest absolute Gasteiger partial charge is 0.469 e. The van der Waals surface area contributed by atoms with Crippen LogP contribution in [0.5, 0.6) is 5.75 Å². The number of thiol groups is 1. The second kappa shape index (κ2) is 5.78. The van der Waals surface area contributed by atoms with Gasteiger partial charge in [0.05, 0.1) is 17.1 Å². The molecule has 0 saturated carbocycles. The predicted octanol–water partition coefficient (Wildman–Crippen LogP) is 2.01. The monoisotopic (exact) mass is 236 g/mol. The van der Waals surface area contributed by atoms with E-state index in [9.17, 15) is 10.1 Å². The smallest absolute Gasteiger partial charge is 0.306 e. The van der Waals surface area contributed by atoms with Crippen molar-refractivity contribution in [1.82, 2.24) is 0 Å². The highest BCUT2D eigenvalue weighted by Crippen LogP contribution is 2.17. The van der Waals surface area contributed by atoms with Crippen LogP contribution in [0.25, 0.3) is 0 Å². The average Bonchev–Trinajstić information content (AvgIpc) is 2.26. The summed E-state index contributed by atoms with van der Waals surface area (Å²) in [5.41, 5.74) is -1.47. The maximum absolute atomic E-state index is 10.6. The van der Waals surface area contributed by atoms with Crippen molar-refractivity contribution in [2.24, 2.45) is 0 Å². The molecule has 5 nitrogen and oxygen atoms in total. The summed E-state index contributed by atoms with van der Waals surface area (Å²) in [5, 5.41) is 19.0. The number of nitriles is 1. The third kappa shape index (κ3) is 3.29. The Morgan fingerprint density at radius 2 is 2.19 bits per heavy atom. The molecule has 82 valence electrons. The van der Waals surface area contributed by atoms with Crippen molar-refractivity contribution in [3.63, 3.8) is 0 Å². The number of allylic oxidation sites excluding steroid dienone is 1. The van der Waals surface area contributed by atoms with Gasteiger partial charge in [0, 0.05) is 0 Å². The SMILES string of the molecule is N#CC=C(C(S)Oc1ccccc1)[N+](=O)[O-]. The first kappa shape index (κ1) is 12.1. The molecule has 16 heavy (non-hydrogen) atoms. The fourth-order valence-electron chi connectivity index (χ4n) is 0.969. The third-order valence-electron chi connectivity index (χ3n) is 1.67. The minimum Gasteiger partial charge on any atom is -0.469 e. The zero-order valence-corrected chi connectivity index (χ0v) is 9.00. The Hall–Kier alpha value is -2.00. The van der Waals surface area contributed by atoms with Gasteiger partial charge in [0.15, 0.2) is 0 Å². The van der Waals surface area contributed by atoms with Crippen LogP contribution >= 0.6 is 12.6 Å². The van der Waals surface area contributed by atoms with Gasteiger partial charge in [0.2, 0.25) is 5.44 Å². The van der Waals surface area contributed by atoms with Gasteiger partial charge in [-0.15, -0.1) is 12.6 Å². The zero-order chi connectivity index (χ0) is 12.0. The van der Waals surface area contributed by atoms with Crippen molar-refractivity contribution in [2.75, 3.05) is 0 Å². The maximum Gasteiger partial charge on any atom is 0.306 e. The topological polar surface area (TPSA) is 76.2 Å². The number of ether oxygens (including phenoxy) is 1. The minimum atomic E-state index is -1.07. The van der Waals surface area contributed by atoms with Gasteiger partial charge in [0.1, 0.15) is 5.75 Å². The summed E-state index contributed by atoms with van der Waals surface area (Å²) < 4.78 is 5.19.